The van der Waals surface area contributed by atoms with Gasteiger partial charge in [0.25, 0.3) is 0 Å². The van der Waals surface area contributed by atoms with Gasteiger partial charge in [-0.1, -0.05) is 18.2 Å². The second kappa shape index (κ2) is 8.95. The van der Waals surface area contributed by atoms with Crippen molar-refractivity contribution in [2.24, 2.45) is 5.92 Å². The van der Waals surface area contributed by atoms with Crippen molar-refractivity contribution < 1.29 is 9.59 Å². The Morgan fingerprint density at radius 3 is 2.68 bits per heavy atom. The Hall–Kier alpha value is -3.75. The lowest BCUT2D eigenvalue weighted by molar-refractivity contribution is -0.121. The average Bonchev–Trinajstić information content (AvgIpc) is 3.30. The van der Waals surface area contributed by atoms with Crippen LogP contribution in [0.3, 0.4) is 0 Å². The molecule has 0 bridgehead atoms. The first-order valence-corrected chi connectivity index (χ1v) is 10.3. The molecule has 4 rings (SSSR count). The van der Waals surface area contributed by atoms with E-state index in [0.717, 1.165) is 35.3 Å². The molecule has 3 amide bonds. The molecule has 1 atom stereocenters. The van der Waals surface area contributed by atoms with Gasteiger partial charge < -0.3 is 15.5 Å². The highest BCUT2D eigenvalue weighted by atomic mass is 16.2. The molecule has 0 radical (unpaired) electrons. The third-order valence-electron chi connectivity index (χ3n) is 5.42. The van der Waals surface area contributed by atoms with Gasteiger partial charge in [-0.15, -0.1) is 5.10 Å². The predicted molar refractivity (Wildman–Crippen MR) is 117 cm³/mol. The van der Waals surface area contributed by atoms with Gasteiger partial charge >= 0.3 is 6.03 Å². The van der Waals surface area contributed by atoms with Crippen molar-refractivity contribution in [2.45, 2.75) is 26.7 Å². The Morgan fingerprint density at radius 2 is 1.90 bits per heavy atom. The Bertz CT molecular complexity index is 1080. The van der Waals surface area contributed by atoms with Gasteiger partial charge in [-0.25, -0.2) is 9.48 Å². The van der Waals surface area contributed by atoms with Crippen LogP contribution in [0, 0.1) is 19.8 Å². The molecule has 31 heavy (non-hydrogen) atoms. The Kier molecular flexibility index (Phi) is 5.92. The van der Waals surface area contributed by atoms with Gasteiger partial charge in [0.15, 0.2) is 0 Å². The second-order valence-electron chi connectivity index (χ2n) is 7.83. The van der Waals surface area contributed by atoms with E-state index in [1.165, 1.54) is 6.33 Å². The van der Waals surface area contributed by atoms with E-state index in [1.54, 1.807) is 9.58 Å². The lowest BCUT2D eigenvalue weighted by Crippen LogP contribution is -2.45. The van der Waals surface area contributed by atoms with Gasteiger partial charge in [-0.3, -0.25) is 4.79 Å². The van der Waals surface area contributed by atoms with Crippen LogP contribution in [-0.4, -0.2) is 50.1 Å². The molecule has 1 unspecified atom stereocenters. The van der Waals surface area contributed by atoms with Crippen molar-refractivity contribution in [2.75, 3.05) is 23.7 Å². The highest BCUT2D eigenvalue weighted by Crippen LogP contribution is 2.22. The number of carbonyl (C=O) groups excluding carboxylic acids is 2. The summed E-state index contributed by atoms with van der Waals surface area (Å²) in [6.07, 6.45) is 3.04. The molecular weight excluding hydrogens is 394 g/mol. The van der Waals surface area contributed by atoms with Crippen molar-refractivity contribution in [1.82, 2.24) is 25.1 Å². The minimum absolute atomic E-state index is 0.0976. The topological polar surface area (TPSA) is 105 Å². The fourth-order valence-electron chi connectivity index (χ4n) is 3.75. The maximum atomic E-state index is 12.9. The molecule has 3 aromatic rings. The SMILES string of the molecule is Cc1cccc(NC(=O)N2CCCC(C(=O)Nc3ccc(C)c(-n4cnnn4)c3)C2)c1. The molecule has 0 saturated carbocycles. The Morgan fingerprint density at radius 1 is 1.06 bits per heavy atom. The van der Waals surface area contributed by atoms with Crippen LogP contribution in [0.2, 0.25) is 0 Å². The van der Waals surface area contributed by atoms with Crippen molar-refractivity contribution in [3.8, 4) is 5.69 Å². The maximum Gasteiger partial charge on any atom is 0.321 e. The van der Waals surface area contributed by atoms with Gasteiger partial charge in [0.1, 0.15) is 6.33 Å². The van der Waals surface area contributed by atoms with E-state index in [9.17, 15) is 9.59 Å². The van der Waals surface area contributed by atoms with Gasteiger partial charge in [0.2, 0.25) is 5.91 Å². The second-order valence-corrected chi connectivity index (χ2v) is 7.83. The molecule has 2 N–H and O–H groups in total. The van der Waals surface area contributed by atoms with Gasteiger partial charge in [0.05, 0.1) is 11.6 Å². The maximum absolute atomic E-state index is 12.9. The predicted octanol–water partition coefficient (Wildman–Crippen LogP) is 3.16. The van der Waals surface area contributed by atoms with Crippen molar-refractivity contribution in [1.29, 1.82) is 0 Å². The quantitative estimate of drug-likeness (QED) is 0.676. The average molecular weight is 419 g/mol. The lowest BCUT2D eigenvalue weighted by atomic mass is 9.97. The fourth-order valence-corrected chi connectivity index (χ4v) is 3.75. The van der Waals surface area contributed by atoms with E-state index in [2.05, 4.69) is 26.2 Å². The number of rotatable bonds is 4. The van der Waals surface area contributed by atoms with Crippen LogP contribution in [0.15, 0.2) is 48.8 Å². The molecule has 1 fully saturated rings. The number of hydrogen-bond acceptors (Lipinski definition) is 5. The molecule has 1 aromatic heterocycles. The van der Waals surface area contributed by atoms with E-state index in [0.29, 0.717) is 18.8 Å². The van der Waals surface area contributed by atoms with E-state index < -0.39 is 0 Å². The first kappa shape index (κ1) is 20.5. The number of piperidine rings is 1. The number of anilines is 2. The monoisotopic (exact) mass is 419 g/mol. The normalized spacial score (nSPS) is 16.1. The summed E-state index contributed by atoms with van der Waals surface area (Å²) in [6.45, 7) is 4.95. The highest BCUT2D eigenvalue weighted by Gasteiger charge is 2.28. The number of nitrogens with zero attached hydrogens (tertiary/aromatic N) is 5. The van der Waals surface area contributed by atoms with Crippen LogP contribution in [-0.2, 0) is 4.79 Å². The summed E-state index contributed by atoms with van der Waals surface area (Å²) >= 11 is 0. The van der Waals surface area contributed by atoms with Gasteiger partial charge in [-0.2, -0.15) is 0 Å². The van der Waals surface area contributed by atoms with Crippen LogP contribution in [0.4, 0.5) is 16.2 Å². The number of aromatic nitrogens is 4. The lowest BCUT2D eigenvalue weighted by Gasteiger charge is -2.32. The van der Waals surface area contributed by atoms with E-state index in [4.69, 9.17) is 0 Å². The summed E-state index contributed by atoms with van der Waals surface area (Å²) in [6, 6.07) is 13.1. The van der Waals surface area contributed by atoms with Gasteiger partial charge in [0, 0.05) is 24.5 Å². The summed E-state index contributed by atoms with van der Waals surface area (Å²) in [5.41, 5.74) is 4.29. The Balaban J connectivity index is 1.40. The summed E-state index contributed by atoms with van der Waals surface area (Å²) in [5, 5.41) is 17.2. The van der Waals surface area contributed by atoms with Crippen LogP contribution < -0.4 is 10.6 Å². The number of likely N-dealkylation sites (tertiary alicyclic amines) is 1. The molecule has 9 heteroatoms. The van der Waals surface area contributed by atoms with Crippen LogP contribution in [0.5, 0.6) is 0 Å². The Labute approximate surface area is 180 Å². The third kappa shape index (κ3) is 4.88. The van der Waals surface area contributed by atoms with E-state index >= 15 is 0 Å². The molecule has 1 aliphatic rings. The molecule has 160 valence electrons. The first-order valence-electron chi connectivity index (χ1n) is 10.3. The third-order valence-corrected chi connectivity index (χ3v) is 5.42. The molecule has 1 aliphatic heterocycles. The molecule has 0 spiro atoms. The molecule has 9 nitrogen and oxygen atoms in total. The largest absolute Gasteiger partial charge is 0.326 e. The van der Waals surface area contributed by atoms with Crippen LogP contribution in [0.25, 0.3) is 5.69 Å². The molecule has 2 aromatic carbocycles. The summed E-state index contributed by atoms with van der Waals surface area (Å²) in [4.78, 5) is 27.3. The van der Waals surface area contributed by atoms with Crippen LogP contribution in [0.1, 0.15) is 24.0 Å². The minimum Gasteiger partial charge on any atom is -0.326 e. The number of aryl methyl sites for hydroxylation is 2. The number of amides is 3. The zero-order valence-electron chi connectivity index (χ0n) is 17.6. The number of nitrogens with one attached hydrogen (secondary N) is 2. The fraction of sp³-hybridized carbons (Fsp3) is 0.318. The summed E-state index contributed by atoms with van der Waals surface area (Å²) in [5.74, 6) is -0.366. The first-order chi connectivity index (χ1) is 15.0. The summed E-state index contributed by atoms with van der Waals surface area (Å²) < 4.78 is 1.56. The smallest absolute Gasteiger partial charge is 0.321 e. The molecule has 2 heterocycles. The minimum atomic E-state index is -0.269. The summed E-state index contributed by atoms with van der Waals surface area (Å²) in [7, 11) is 0. The number of urea groups is 1. The van der Waals surface area contributed by atoms with Crippen molar-refractivity contribution in [3.63, 3.8) is 0 Å². The number of hydrogen-bond donors (Lipinski definition) is 2. The van der Waals surface area contributed by atoms with Crippen LogP contribution >= 0.6 is 0 Å². The van der Waals surface area contributed by atoms with Crippen molar-refractivity contribution >= 4 is 23.3 Å². The van der Waals surface area contributed by atoms with Gasteiger partial charge in [-0.05, 0) is 72.5 Å². The number of benzene rings is 2. The zero-order valence-corrected chi connectivity index (χ0v) is 17.6. The molecule has 0 aliphatic carbocycles. The number of tetrazole rings is 1. The van der Waals surface area contributed by atoms with E-state index in [-0.39, 0.29) is 17.9 Å². The zero-order chi connectivity index (χ0) is 21.8. The standard InChI is InChI=1S/C22H25N7O2/c1-15-5-3-7-18(11-15)25-22(31)28-10-4-6-17(13-28)21(30)24-19-9-8-16(2)20(12-19)29-14-23-26-27-29/h3,5,7-9,11-12,14,17H,4,6,10,13H2,1-2H3,(H,24,30)(H,25,31). The van der Waals surface area contributed by atoms with Crippen molar-refractivity contribution in [3.05, 3.63) is 59.9 Å². The molecular formula is C22H25N7O2. The molecule has 1 saturated heterocycles. The van der Waals surface area contributed by atoms with E-state index in [1.807, 2.05) is 56.3 Å². The highest BCUT2D eigenvalue weighted by molar-refractivity contribution is 5.94. The number of carbonyl (C=O) groups is 2.